The highest BCUT2D eigenvalue weighted by molar-refractivity contribution is 5.73. The van der Waals surface area contributed by atoms with Gasteiger partial charge in [-0.1, -0.05) is 30.3 Å². The number of rotatable bonds is 8. The van der Waals surface area contributed by atoms with Gasteiger partial charge in [-0.25, -0.2) is 9.18 Å². The van der Waals surface area contributed by atoms with Gasteiger partial charge in [-0.05, 0) is 24.6 Å². The zero-order valence-corrected chi connectivity index (χ0v) is 13.5. The summed E-state index contributed by atoms with van der Waals surface area (Å²) in [5.41, 5.74) is 0.901. The third-order valence-corrected chi connectivity index (χ3v) is 3.33. The minimum atomic E-state index is -0.389. The Balaban J connectivity index is 1.62. The van der Waals surface area contributed by atoms with Crippen LogP contribution in [0.15, 0.2) is 48.5 Å². The van der Waals surface area contributed by atoms with E-state index in [0.717, 1.165) is 11.3 Å². The fourth-order valence-corrected chi connectivity index (χ4v) is 2.11. The second-order valence-corrected chi connectivity index (χ2v) is 5.05. The molecule has 0 heterocycles. The van der Waals surface area contributed by atoms with Gasteiger partial charge in [-0.3, -0.25) is 0 Å². The number of halogens is 1. The Morgan fingerprint density at radius 3 is 2.50 bits per heavy atom. The van der Waals surface area contributed by atoms with Crippen molar-refractivity contribution in [2.45, 2.75) is 13.0 Å². The molecule has 0 saturated carbocycles. The highest BCUT2D eigenvalue weighted by Gasteiger charge is 2.05. The molecule has 0 bridgehead atoms. The van der Waals surface area contributed by atoms with E-state index in [4.69, 9.17) is 9.47 Å². The molecule has 2 N–H and O–H groups in total. The molecule has 6 heteroatoms. The van der Waals surface area contributed by atoms with Crippen LogP contribution in [-0.4, -0.2) is 26.3 Å². The number of carbonyl (C=O) groups is 1. The molecule has 0 radical (unpaired) electrons. The number of ether oxygens (including phenoxy) is 2. The first-order chi connectivity index (χ1) is 11.7. The highest BCUT2D eigenvalue weighted by Crippen LogP contribution is 2.16. The van der Waals surface area contributed by atoms with Gasteiger partial charge in [0.25, 0.3) is 0 Å². The molecule has 0 fully saturated rings. The SMILES string of the molecule is COc1ccccc1CNC(=O)NCCCOc1ccccc1F. The number of nitrogens with one attached hydrogen (secondary N) is 2. The molecular weight excluding hydrogens is 311 g/mol. The molecule has 5 nitrogen and oxygen atoms in total. The summed E-state index contributed by atoms with van der Waals surface area (Å²) in [7, 11) is 1.59. The second-order valence-electron chi connectivity index (χ2n) is 5.05. The molecule has 0 aliphatic rings. The lowest BCUT2D eigenvalue weighted by Crippen LogP contribution is -2.36. The highest BCUT2D eigenvalue weighted by atomic mass is 19.1. The largest absolute Gasteiger partial charge is 0.496 e. The van der Waals surface area contributed by atoms with Crippen molar-refractivity contribution in [1.29, 1.82) is 0 Å². The van der Waals surface area contributed by atoms with E-state index in [1.807, 2.05) is 24.3 Å². The quantitative estimate of drug-likeness (QED) is 0.730. The van der Waals surface area contributed by atoms with E-state index in [2.05, 4.69) is 10.6 Å². The molecule has 0 atom stereocenters. The zero-order valence-electron chi connectivity index (χ0n) is 13.5. The van der Waals surface area contributed by atoms with Crippen molar-refractivity contribution in [3.63, 3.8) is 0 Å². The van der Waals surface area contributed by atoms with Crippen LogP contribution >= 0.6 is 0 Å². The Labute approximate surface area is 140 Å². The summed E-state index contributed by atoms with van der Waals surface area (Å²) in [6.07, 6.45) is 0.580. The van der Waals surface area contributed by atoms with Crippen LogP contribution in [0.3, 0.4) is 0 Å². The molecule has 24 heavy (non-hydrogen) atoms. The normalized spacial score (nSPS) is 10.1. The topological polar surface area (TPSA) is 59.6 Å². The van der Waals surface area contributed by atoms with E-state index in [0.29, 0.717) is 26.1 Å². The second kappa shape index (κ2) is 9.39. The standard InChI is InChI=1S/C18H21FN2O3/c1-23-16-9-4-2-7-14(16)13-21-18(22)20-11-6-12-24-17-10-5-3-8-15(17)19/h2-5,7-10H,6,11-13H2,1H3,(H2,20,21,22). The van der Waals surface area contributed by atoms with Crippen molar-refractivity contribution in [3.8, 4) is 11.5 Å². The van der Waals surface area contributed by atoms with Crippen LogP contribution in [0.4, 0.5) is 9.18 Å². The van der Waals surface area contributed by atoms with E-state index in [9.17, 15) is 9.18 Å². The number of urea groups is 1. The van der Waals surface area contributed by atoms with Crippen LogP contribution in [0.25, 0.3) is 0 Å². The molecule has 0 spiro atoms. The molecule has 2 aromatic rings. The van der Waals surface area contributed by atoms with Gasteiger partial charge in [-0.2, -0.15) is 0 Å². The minimum absolute atomic E-state index is 0.220. The molecule has 2 aromatic carbocycles. The van der Waals surface area contributed by atoms with Crippen molar-refractivity contribution >= 4 is 6.03 Å². The summed E-state index contributed by atoms with van der Waals surface area (Å²) in [4.78, 5) is 11.7. The van der Waals surface area contributed by atoms with Crippen LogP contribution in [0.2, 0.25) is 0 Å². The van der Waals surface area contributed by atoms with E-state index in [-0.39, 0.29) is 17.6 Å². The molecule has 128 valence electrons. The van der Waals surface area contributed by atoms with Crippen LogP contribution in [0, 0.1) is 5.82 Å². The molecule has 0 aliphatic heterocycles. The van der Waals surface area contributed by atoms with Crippen molar-refractivity contribution in [1.82, 2.24) is 10.6 Å². The van der Waals surface area contributed by atoms with Crippen LogP contribution in [0.1, 0.15) is 12.0 Å². The molecule has 0 unspecified atom stereocenters. The average molecular weight is 332 g/mol. The summed E-state index contributed by atoms with van der Waals surface area (Å²) in [5.74, 6) is 0.564. The van der Waals surface area contributed by atoms with E-state index < -0.39 is 0 Å². The first-order valence-corrected chi connectivity index (χ1v) is 7.71. The zero-order chi connectivity index (χ0) is 17.2. The van der Waals surface area contributed by atoms with Crippen LogP contribution in [0.5, 0.6) is 11.5 Å². The first-order valence-electron chi connectivity index (χ1n) is 7.71. The third-order valence-electron chi connectivity index (χ3n) is 3.33. The lowest BCUT2D eigenvalue weighted by Gasteiger charge is -2.11. The third kappa shape index (κ3) is 5.46. The van der Waals surface area contributed by atoms with Gasteiger partial charge in [0.15, 0.2) is 11.6 Å². The maximum Gasteiger partial charge on any atom is 0.315 e. The fourth-order valence-electron chi connectivity index (χ4n) is 2.11. The van der Waals surface area contributed by atoms with Crippen molar-refractivity contribution in [3.05, 3.63) is 59.9 Å². The smallest absolute Gasteiger partial charge is 0.315 e. The minimum Gasteiger partial charge on any atom is -0.496 e. The molecular formula is C18H21FN2O3. The van der Waals surface area contributed by atoms with Crippen molar-refractivity contribution in [2.75, 3.05) is 20.3 Å². The maximum absolute atomic E-state index is 13.3. The van der Waals surface area contributed by atoms with E-state index in [1.54, 1.807) is 25.3 Å². The van der Waals surface area contributed by atoms with Crippen molar-refractivity contribution in [2.24, 2.45) is 0 Å². The number of amides is 2. The number of benzene rings is 2. The van der Waals surface area contributed by atoms with Crippen LogP contribution < -0.4 is 20.1 Å². The summed E-state index contributed by atoms with van der Waals surface area (Å²) < 4.78 is 23.9. The molecule has 0 aliphatic carbocycles. The summed E-state index contributed by atoms with van der Waals surface area (Å²) in [6.45, 7) is 1.14. The van der Waals surface area contributed by atoms with Crippen molar-refractivity contribution < 1.29 is 18.7 Å². The molecule has 2 rings (SSSR count). The average Bonchev–Trinajstić information content (AvgIpc) is 2.61. The maximum atomic E-state index is 13.3. The first kappa shape index (κ1) is 17.6. The monoisotopic (exact) mass is 332 g/mol. The predicted molar refractivity (Wildman–Crippen MR) is 89.7 cm³/mol. The summed E-state index contributed by atoms with van der Waals surface area (Å²) >= 11 is 0. The number of para-hydroxylation sites is 2. The Morgan fingerprint density at radius 1 is 1.04 bits per heavy atom. The van der Waals surface area contributed by atoms with E-state index >= 15 is 0 Å². The Bertz CT molecular complexity index is 664. The Kier molecular flexibility index (Phi) is 6.89. The number of methoxy groups -OCH3 is 1. The van der Waals surface area contributed by atoms with Gasteiger partial charge in [0.1, 0.15) is 5.75 Å². The number of carbonyl (C=O) groups excluding carboxylic acids is 1. The van der Waals surface area contributed by atoms with Gasteiger partial charge in [-0.15, -0.1) is 0 Å². The predicted octanol–water partition coefficient (Wildman–Crippen LogP) is 3.10. The summed E-state index contributed by atoms with van der Waals surface area (Å²) in [6, 6.07) is 13.5. The lowest BCUT2D eigenvalue weighted by molar-refractivity contribution is 0.238. The Morgan fingerprint density at radius 2 is 1.75 bits per heavy atom. The van der Waals surface area contributed by atoms with Gasteiger partial charge in [0.2, 0.25) is 0 Å². The molecule has 0 saturated heterocycles. The van der Waals surface area contributed by atoms with Gasteiger partial charge in [0, 0.05) is 18.7 Å². The van der Waals surface area contributed by atoms with Gasteiger partial charge >= 0.3 is 6.03 Å². The van der Waals surface area contributed by atoms with E-state index in [1.165, 1.54) is 6.07 Å². The fraction of sp³-hybridized carbons (Fsp3) is 0.278. The molecule has 0 aromatic heterocycles. The van der Waals surface area contributed by atoms with Gasteiger partial charge < -0.3 is 20.1 Å². The Hall–Kier alpha value is -2.76. The van der Waals surface area contributed by atoms with Gasteiger partial charge in [0.05, 0.1) is 13.7 Å². The summed E-state index contributed by atoms with van der Waals surface area (Å²) in [5, 5.41) is 5.49. The molecule has 2 amide bonds. The number of hydrogen-bond donors (Lipinski definition) is 2. The number of hydrogen-bond acceptors (Lipinski definition) is 3. The lowest BCUT2D eigenvalue weighted by atomic mass is 10.2. The van der Waals surface area contributed by atoms with Crippen LogP contribution in [-0.2, 0) is 6.54 Å².